The third-order valence-electron chi connectivity index (χ3n) is 11.9. The molecule has 0 unspecified atom stereocenters. The Morgan fingerprint density at radius 2 is 0.964 bits per heavy atom. The molecular weight excluding hydrogens is 665 g/mol. The van der Waals surface area contributed by atoms with Gasteiger partial charge in [0.1, 0.15) is 0 Å². The minimum Gasteiger partial charge on any atom is -0.310 e. The first-order chi connectivity index (χ1) is 27.0. The lowest BCUT2D eigenvalue weighted by molar-refractivity contribution is 0.663. The fourth-order valence-electron chi connectivity index (χ4n) is 9.21. The molecule has 55 heavy (non-hydrogen) atoms. The van der Waals surface area contributed by atoms with Gasteiger partial charge in [0.25, 0.3) is 0 Å². The van der Waals surface area contributed by atoms with Crippen molar-refractivity contribution >= 4 is 60.4 Å². The number of aromatic nitrogens is 1. The lowest BCUT2D eigenvalue weighted by Crippen LogP contribution is -2.15. The Hall–Kier alpha value is -6.90. The molecule has 1 aromatic heterocycles. The molecule has 0 bridgehead atoms. The van der Waals surface area contributed by atoms with Gasteiger partial charge in [0.05, 0.1) is 11.0 Å². The molecule has 260 valence electrons. The summed E-state index contributed by atoms with van der Waals surface area (Å²) in [6, 6.07) is 71.2. The first kappa shape index (κ1) is 31.6. The van der Waals surface area contributed by atoms with Crippen LogP contribution in [0.2, 0.25) is 0 Å². The molecule has 0 amide bonds. The highest BCUT2D eigenvalue weighted by atomic mass is 15.1. The SMILES string of the molecule is CC1(C)c2cccc3ccc4cc(-c5ccc(N(c6ccc(-c7ccccc7)cc6)c6ccc7c(c6)c6ccccc6n7-c6ccccc6)cc5)cc1c4c23. The molecule has 1 heterocycles. The van der Waals surface area contributed by atoms with Gasteiger partial charge in [0.15, 0.2) is 0 Å². The van der Waals surface area contributed by atoms with Crippen LogP contribution in [0.1, 0.15) is 25.0 Å². The van der Waals surface area contributed by atoms with Gasteiger partial charge in [-0.1, -0.05) is 135 Å². The summed E-state index contributed by atoms with van der Waals surface area (Å²) in [6.45, 7) is 4.75. The topological polar surface area (TPSA) is 8.17 Å². The summed E-state index contributed by atoms with van der Waals surface area (Å²) in [5.41, 5.74) is 14.6. The number of rotatable bonds is 6. The molecule has 0 atom stereocenters. The van der Waals surface area contributed by atoms with E-state index in [4.69, 9.17) is 0 Å². The van der Waals surface area contributed by atoms with Crippen LogP contribution in [0.5, 0.6) is 0 Å². The van der Waals surface area contributed by atoms with Crippen LogP contribution in [-0.2, 0) is 5.41 Å². The van der Waals surface area contributed by atoms with E-state index in [0.29, 0.717) is 0 Å². The summed E-state index contributed by atoms with van der Waals surface area (Å²) in [5.74, 6) is 0. The van der Waals surface area contributed by atoms with Gasteiger partial charge in [-0.25, -0.2) is 0 Å². The van der Waals surface area contributed by atoms with Gasteiger partial charge < -0.3 is 9.47 Å². The molecule has 0 saturated carbocycles. The Kier molecular flexibility index (Phi) is 6.93. The van der Waals surface area contributed by atoms with E-state index in [0.717, 1.165) is 22.7 Å². The Morgan fingerprint density at radius 3 is 1.71 bits per heavy atom. The molecule has 11 rings (SSSR count). The van der Waals surface area contributed by atoms with Gasteiger partial charge in [-0.05, 0) is 128 Å². The van der Waals surface area contributed by atoms with Crippen LogP contribution < -0.4 is 4.90 Å². The number of nitrogens with zero attached hydrogens (tertiary/aromatic N) is 2. The predicted molar refractivity (Wildman–Crippen MR) is 233 cm³/mol. The smallest absolute Gasteiger partial charge is 0.0542 e. The molecule has 1 aliphatic carbocycles. The van der Waals surface area contributed by atoms with Crippen molar-refractivity contribution in [2.45, 2.75) is 19.3 Å². The number of benzene rings is 9. The third kappa shape index (κ3) is 4.88. The van der Waals surface area contributed by atoms with Gasteiger partial charge in [0.2, 0.25) is 0 Å². The van der Waals surface area contributed by atoms with Crippen LogP contribution in [0.25, 0.3) is 71.3 Å². The summed E-state index contributed by atoms with van der Waals surface area (Å²) in [7, 11) is 0. The number of fused-ring (bicyclic) bond motifs is 3. The normalized spacial score (nSPS) is 13.1. The Balaban J connectivity index is 1.05. The van der Waals surface area contributed by atoms with Crippen LogP contribution in [0.15, 0.2) is 194 Å². The van der Waals surface area contributed by atoms with E-state index in [2.05, 4.69) is 217 Å². The van der Waals surface area contributed by atoms with Crippen LogP contribution in [0.4, 0.5) is 17.1 Å². The average molecular weight is 703 g/mol. The Bertz CT molecular complexity index is 3080. The molecule has 2 heteroatoms. The minimum absolute atomic E-state index is 0.0532. The van der Waals surface area contributed by atoms with Gasteiger partial charge in [-0.3, -0.25) is 0 Å². The second-order valence-corrected chi connectivity index (χ2v) is 15.4. The van der Waals surface area contributed by atoms with Crippen molar-refractivity contribution in [1.82, 2.24) is 4.57 Å². The van der Waals surface area contributed by atoms with Gasteiger partial charge in [-0.2, -0.15) is 0 Å². The molecule has 9 aromatic carbocycles. The van der Waals surface area contributed by atoms with Crippen molar-refractivity contribution in [3.63, 3.8) is 0 Å². The second-order valence-electron chi connectivity index (χ2n) is 15.4. The van der Waals surface area contributed by atoms with E-state index in [1.807, 2.05) is 0 Å². The number of hydrogen-bond donors (Lipinski definition) is 0. The first-order valence-corrected chi connectivity index (χ1v) is 19.2. The van der Waals surface area contributed by atoms with Gasteiger partial charge in [-0.15, -0.1) is 0 Å². The molecule has 0 spiro atoms. The lowest BCUT2D eigenvalue weighted by atomic mass is 9.81. The van der Waals surface area contributed by atoms with Crippen LogP contribution in [0.3, 0.4) is 0 Å². The van der Waals surface area contributed by atoms with E-state index in [1.54, 1.807) is 0 Å². The maximum Gasteiger partial charge on any atom is 0.0542 e. The molecular formula is C53H38N2. The average Bonchev–Trinajstić information content (AvgIpc) is 3.70. The summed E-state index contributed by atoms with van der Waals surface area (Å²) in [5, 5.41) is 7.93. The van der Waals surface area contributed by atoms with E-state index >= 15 is 0 Å². The first-order valence-electron chi connectivity index (χ1n) is 19.2. The highest BCUT2D eigenvalue weighted by molar-refractivity contribution is 6.16. The fourth-order valence-corrected chi connectivity index (χ4v) is 9.21. The standard InChI is InChI=1S/C53H38N2/c1-53(2)47-18-11-14-38-20-21-39-32-40(33-48(53)52(39)51(38)47)37-24-28-43(29-25-37)54(42-26-22-36(23-27-42)35-12-5-3-6-13-35)44-30-31-50-46(34-44)45-17-9-10-19-49(45)55(50)41-15-7-4-8-16-41/h3-34H,1-2H3. The Morgan fingerprint density at radius 1 is 0.382 bits per heavy atom. The second kappa shape index (κ2) is 12.1. The zero-order chi connectivity index (χ0) is 36.7. The van der Waals surface area contributed by atoms with E-state index in [1.165, 1.54) is 76.7 Å². The van der Waals surface area contributed by atoms with Crippen molar-refractivity contribution in [3.8, 4) is 27.9 Å². The lowest BCUT2D eigenvalue weighted by Gasteiger charge is -2.26. The van der Waals surface area contributed by atoms with E-state index in [-0.39, 0.29) is 5.41 Å². The molecule has 2 nitrogen and oxygen atoms in total. The molecule has 0 N–H and O–H groups in total. The molecule has 0 aliphatic heterocycles. The minimum atomic E-state index is -0.0532. The van der Waals surface area contributed by atoms with Crippen molar-refractivity contribution < 1.29 is 0 Å². The summed E-state index contributed by atoms with van der Waals surface area (Å²) in [6.07, 6.45) is 0. The number of hydrogen-bond acceptors (Lipinski definition) is 1. The summed E-state index contributed by atoms with van der Waals surface area (Å²) >= 11 is 0. The van der Waals surface area contributed by atoms with Gasteiger partial charge >= 0.3 is 0 Å². The quantitative estimate of drug-likeness (QED) is 0.157. The van der Waals surface area contributed by atoms with Crippen molar-refractivity contribution in [1.29, 1.82) is 0 Å². The van der Waals surface area contributed by atoms with Crippen LogP contribution in [0, 0.1) is 0 Å². The molecule has 0 saturated heterocycles. The van der Waals surface area contributed by atoms with E-state index < -0.39 is 0 Å². The molecule has 1 aliphatic rings. The Labute approximate surface area is 321 Å². The molecule has 10 aromatic rings. The van der Waals surface area contributed by atoms with Crippen molar-refractivity contribution in [2.75, 3.05) is 4.90 Å². The third-order valence-corrected chi connectivity index (χ3v) is 11.9. The van der Waals surface area contributed by atoms with Crippen LogP contribution in [-0.4, -0.2) is 4.57 Å². The maximum atomic E-state index is 2.44. The highest BCUT2D eigenvalue weighted by Gasteiger charge is 2.34. The summed E-state index contributed by atoms with van der Waals surface area (Å²) in [4.78, 5) is 2.39. The fraction of sp³-hybridized carbons (Fsp3) is 0.0566. The summed E-state index contributed by atoms with van der Waals surface area (Å²) < 4.78 is 2.38. The van der Waals surface area contributed by atoms with E-state index in [9.17, 15) is 0 Å². The van der Waals surface area contributed by atoms with Crippen molar-refractivity contribution in [3.05, 3.63) is 205 Å². The molecule has 0 radical (unpaired) electrons. The number of para-hydroxylation sites is 2. The highest BCUT2D eigenvalue weighted by Crippen LogP contribution is 2.50. The van der Waals surface area contributed by atoms with Crippen molar-refractivity contribution in [2.24, 2.45) is 0 Å². The zero-order valence-corrected chi connectivity index (χ0v) is 30.9. The molecule has 0 fully saturated rings. The maximum absolute atomic E-state index is 2.44. The van der Waals surface area contributed by atoms with Gasteiger partial charge in [0, 0.05) is 38.9 Å². The zero-order valence-electron chi connectivity index (χ0n) is 30.9. The predicted octanol–water partition coefficient (Wildman–Crippen LogP) is 14.5. The largest absolute Gasteiger partial charge is 0.310 e. The van der Waals surface area contributed by atoms with Crippen LogP contribution >= 0.6 is 0 Å². The monoisotopic (exact) mass is 702 g/mol. The number of anilines is 3.